The van der Waals surface area contributed by atoms with Gasteiger partial charge in [-0.25, -0.2) is 4.98 Å². The van der Waals surface area contributed by atoms with Crippen molar-refractivity contribution in [1.29, 1.82) is 0 Å². The maximum atomic E-state index is 4.32. The maximum Gasteiger partial charge on any atom is 0.0937 e. The summed E-state index contributed by atoms with van der Waals surface area (Å²) in [5.41, 5.74) is 0. The van der Waals surface area contributed by atoms with E-state index < -0.39 is 0 Å². The minimum Gasteiger partial charge on any atom is -0.312 e. The van der Waals surface area contributed by atoms with Crippen LogP contribution in [0, 0.1) is 0 Å². The number of likely N-dealkylation sites (tertiary alicyclic amines) is 1. The summed E-state index contributed by atoms with van der Waals surface area (Å²) in [5, 5.41) is 7.00. The number of rotatable bonds is 5. The smallest absolute Gasteiger partial charge is 0.0937 e. The average Bonchev–Trinajstić information content (AvgIpc) is 2.89. The first-order valence-corrected chi connectivity index (χ1v) is 7.58. The molecule has 3 nitrogen and oxygen atoms in total. The Balaban J connectivity index is 1.41. The standard InChI is InChI=1S/C13H21N3S/c1-10-8-11(9-16(10)12-2-3-12)14-5-4-13-15-6-7-17-13/h6-7,10-12,14H,2-5,8-9H2,1H3. The van der Waals surface area contributed by atoms with Gasteiger partial charge in [-0.1, -0.05) is 0 Å². The van der Waals surface area contributed by atoms with Crippen molar-refractivity contribution in [2.24, 2.45) is 0 Å². The van der Waals surface area contributed by atoms with Crippen LogP contribution in [0.1, 0.15) is 31.2 Å². The van der Waals surface area contributed by atoms with Gasteiger partial charge in [-0.15, -0.1) is 11.3 Å². The molecule has 1 saturated heterocycles. The second-order valence-corrected chi connectivity index (χ2v) is 6.32. The fourth-order valence-electron chi connectivity index (χ4n) is 2.88. The van der Waals surface area contributed by atoms with Gasteiger partial charge in [0.15, 0.2) is 0 Å². The Morgan fingerprint density at radius 1 is 1.53 bits per heavy atom. The first kappa shape index (κ1) is 11.6. The van der Waals surface area contributed by atoms with Gasteiger partial charge in [0.05, 0.1) is 5.01 Å². The van der Waals surface area contributed by atoms with Crippen molar-refractivity contribution in [3.8, 4) is 0 Å². The van der Waals surface area contributed by atoms with E-state index in [1.807, 2.05) is 6.20 Å². The van der Waals surface area contributed by atoms with Gasteiger partial charge in [-0.2, -0.15) is 0 Å². The van der Waals surface area contributed by atoms with Crippen LogP contribution in [0.2, 0.25) is 0 Å². The van der Waals surface area contributed by atoms with E-state index in [4.69, 9.17) is 0 Å². The zero-order valence-electron chi connectivity index (χ0n) is 10.4. The van der Waals surface area contributed by atoms with Crippen molar-refractivity contribution in [1.82, 2.24) is 15.2 Å². The molecule has 0 radical (unpaired) electrons. The fourth-order valence-corrected chi connectivity index (χ4v) is 3.50. The van der Waals surface area contributed by atoms with Crippen LogP contribution in [-0.4, -0.2) is 41.1 Å². The van der Waals surface area contributed by atoms with Gasteiger partial charge in [-0.05, 0) is 26.2 Å². The summed E-state index contributed by atoms with van der Waals surface area (Å²) in [6, 6.07) is 2.39. The van der Waals surface area contributed by atoms with Gasteiger partial charge in [-0.3, -0.25) is 4.90 Å². The van der Waals surface area contributed by atoms with Crippen molar-refractivity contribution in [3.63, 3.8) is 0 Å². The molecular formula is C13H21N3S. The Bertz CT molecular complexity index is 348. The van der Waals surface area contributed by atoms with Crippen molar-refractivity contribution in [3.05, 3.63) is 16.6 Å². The van der Waals surface area contributed by atoms with Crippen LogP contribution in [0.5, 0.6) is 0 Å². The Kier molecular flexibility index (Phi) is 3.45. The second kappa shape index (κ2) is 5.04. The molecule has 1 saturated carbocycles. The molecule has 0 spiro atoms. The van der Waals surface area contributed by atoms with E-state index >= 15 is 0 Å². The largest absolute Gasteiger partial charge is 0.312 e. The topological polar surface area (TPSA) is 28.2 Å². The van der Waals surface area contributed by atoms with Gasteiger partial charge in [0, 0.05) is 49.2 Å². The molecule has 0 aromatic carbocycles. The summed E-state index contributed by atoms with van der Waals surface area (Å²) in [5.74, 6) is 0. The lowest BCUT2D eigenvalue weighted by Crippen LogP contribution is -2.35. The molecule has 2 atom stereocenters. The summed E-state index contributed by atoms with van der Waals surface area (Å²) < 4.78 is 0. The Morgan fingerprint density at radius 2 is 2.41 bits per heavy atom. The maximum absolute atomic E-state index is 4.32. The van der Waals surface area contributed by atoms with E-state index in [1.165, 1.54) is 30.8 Å². The molecule has 2 unspecified atom stereocenters. The van der Waals surface area contributed by atoms with E-state index in [2.05, 4.69) is 27.5 Å². The van der Waals surface area contributed by atoms with Gasteiger partial charge < -0.3 is 5.32 Å². The summed E-state index contributed by atoms with van der Waals surface area (Å²) in [7, 11) is 0. The third-order valence-electron chi connectivity index (χ3n) is 3.89. The van der Waals surface area contributed by atoms with Gasteiger partial charge in [0.2, 0.25) is 0 Å². The highest BCUT2D eigenvalue weighted by Gasteiger charge is 2.38. The van der Waals surface area contributed by atoms with E-state index in [-0.39, 0.29) is 0 Å². The zero-order valence-corrected chi connectivity index (χ0v) is 11.2. The van der Waals surface area contributed by atoms with Crippen molar-refractivity contribution >= 4 is 11.3 Å². The molecule has 4 heteroatoms. The normalized spacial score (nSPS) is 29.9. The van der Waals surface area contributed by atoms with Gasteiger partial charge >= 0.3 is 0 Å². The van der Waals surface area contributed by atoms with Crippen molar-refractivity contribution in [2.45, 2.75) is 50.7 Å². The minimum absolute atomic E-state index is 0.700. The molecule has 3 rings (SSSR count). The van der Waals surface area contributed by atoms with Crippen LogP contribution in [0.15, 0.2) is 11.6 Å². The Morgan fingerprint density at radius 3 is 3.12 bits per heavy atom. The molecule has 0 amide bonds. The molecule has 0 bridgehead atoms. The molecule has 1 aromatic rings. The number of nitrogens with one attached hydrogen (secondary N) is 1. The van der Waals surface area contributed by atoms with E-state index in [9.17, 15) is 0 Å². The molecule has 1 N–H and O–H groups in total. The number of nitrogens with zero attached hydrogens (tertiary/aromatic N) is 2. The number of hydrogen-bond donors (Lipinski definition) is 1. The molecule has 17 heavy (non-hydrogen) atoms. The third kappa shape index (κ3) is 2.87. The molecular weight excluding hydrogens is 230 g/mol. The van der Waals surface area contributed by atoms with Crippen LogP contribution < -0.4 is 5.32 Å². The predicted molar refractivity (Wildman–Crippen MR) is 71.4 cm³/mol. The average molecular weight is 251 g/mol. The highest BCUT2D eigenvalue weighted by atomic mass is 32.1. The summed E-state index contributed by atoms with van der Waals surface area (Å²) in [6.07, 6.45) is 7.14. The van der Waals surface area contributed by atoms with Crippen molar-refractivity contribution < 1.29 is 0 Å². The van der Waals surface area contributed by atoms with Crippen molar-refractivity contribution in [2.75, 3.05) is 13.1 Å². The van der Waals surface area contributed by atoms with E-state index in [1.54, 1.807) is 11.3 Å². The Labute approximate surface area is 107 Å². The molecule has 1 aromatic heterocycles. The first-order valence-electron chi connectivity index (χ1n) is 6.70. The number of thiazole rings is 1. The number of hydrogen-bond acceptors (Lipinski definition) is 4. The highest BCUT2D eigenvalue weighted by molar-refractivity contribution is 7.09. The van der Waals surface area contributed by atoms with Crippen LogP contribution in [0.3, 0.4) is 0 Å². The van der Waals surface area contributed by atoms with Crippen LogP contribution >= 0.6 is 11.3 Å². The lowest BCUT2D eigenvalue weighted by molar-refractivity contribution is 0.255. The van der Waals surface area contributed by atoms with Gasteiger partial charge in [0.1, 0.15) is 0 Å². The summed E-state index contributed by atoms with van der Waals surface area (Å²) in [6.45, 7) is 4.70. The lowest BCUT2D eigenvalue weighted by atomic mass is 10.2. The molecule has 2 aliphatic rings. The predicted octanol–water partition coefficient (Wildman–Crippen LogP) is 1.90. The Hall–Kier alpha value is -0.450. The van der Waals surface area contributed by atoms with E-state index in [0.717, 1.165) is 25.0 Å². The molecule has 94 valence electrons. The molecule has 1 aliphatic heterocycles. The fraction of sp³-hybridized carbons (Fsp3) is 0.769. The quantitative estimate of drug-likeness (QED) is 0.866. The molecule has 2 fully saturated rings. The van der Waals surface area contributed by atoms with Crippen LogP contribution in [0.25, 0.3) is 0 Å². The highest BCUT2D eigenvalue weighted by Crippen LogP contribution is 2.33. The summed E-state index contributed by atoms with van der Waals surface area (Å²) in [4.78, 5) is 7.01. The molecule has 2 heterocycles. The summed E-state index contributed by atoms with van der Waals surface area (Å²) >= 11 is 1.76. The van der Waals surface area contributed by atoms with E-state index in [0.29, 0.717) is 6.04 Å². The molecule has 1 aliphatic carbocycles. The lowest BCUT2D eigenvalue weighted by Gasteiger charge is -2.19. The minimum atomic E-state index is 0.700. The second-order valence-electron chi connectivity index (χ2n) is 5.34. The van der Waals surface area contributed by atoms with Crippen LogP contribution in [0.4, 0.5) is 0 Å². The first-order chi connectivity index (χ1) is 8.33. The zero-order chi connectivity index (χ0) is 11.7. The van der Waals surface area contributed by atoms with Gasteiger partial charge in [0.25, 0.3) is 0 Å². The SMILES string of the molecule is CC1CC(NCCc2nccs2)CN1C1CC1. The van der Waals surface area contributed by atoms with Crippen LogP contribution in [-0.2, 0) is 6.42 Å². The monoisotopic (exact) mass is 251 g/mol. The number of aromatic nitrogens is 1. The third-order valence-corrected chi connectivity index (χ3v) is 4.73.